The Morgan fingerprint density at radius 2 is 1.95 bits per heavy atom. The van der Waals surface area contributed by atoms with Gasteiger partial charge in [-0.1, -0.05) is 0 Å². The van der Waals surface area contributed by atoms with Crippen molar-refractivity contribution >= 4 is 33.0 Å². The molecule has 6 nitrogen and oxygen atoms in total. The third-order valence-electron chi connectivity index (χ3n) is 2.64. The number of benzene rings is 1. The fraction of sp³-hybridized carbons (Fsp3) is 0.0769. The number of nitrogens with zero attached hydrogens (tertiary/aromatic N) is 1. The van der Waals surface area contributed by atoms with Crippen molar-refractivity contribution in [3.8, 4) is 6.07 Å². The average molecular weight is 322 g/mol. The highest BCUT2D eigenvalue weighted by molar-refractivity contribution is 7.93. The number of nitrogens with one attached hydrogen (secondary N) is 1. The number of anilines is 1. The molecular weight excluding hydrogens is 312 g/mol. The maximum atomic E-state index is 12.3. The van der Waals surface area contributed by atoms with E-state index in [-0.39, 0.29) is 9.77 Å². The van der Waals surface area contributed by atoms with Gasteiger partial charge in [-0.25, -0.2) is 13.2 Å². The average Bonchev–Trinajstić information content (AvgIpc) is 2.82. The maximum Gasteiger partial charge on any atom is 0.345 e. The predicted molar refractivity (Wildman–Crippen MR) is 78.0 cm³/mol. The lowest BCUT2D eigenvalue weighted by atomic mass is 10.2. The molecule has 0 saturated heterocycles. The number of thiophene rings is 1. The first kappa shape index (κ1) is 15.0. The molecule has 0 atom stereocenters. The molecule has 2 N–H and O–H groups in total. The summed E-state index contributed by atoms with van der Waals surface area (Å²) in [4.78, 5) is 11.2. The van der Waals surface area contributed by atoms with Crippen LogP contribution in [0.25, 0.3) is 0 Å². The Bertz CT molecular complexity index is 830. The number of hydrogen-bond donors (Lipinski definition) is 2. The summed E-state index contributed by atoms with van der Waals surface area (Å²) >= 11 is 0.904. The molecule has 1 heterocycles. The Hall–Kier alpha value is -2.37. The summed E-state index contributed by atoms with van der Waals surface area (Å²) in [5.41, 5.74) is 0.717. The number of carboxylic acid groups (broad SMARTS) is 1. The minimum Gasteiger partial charge on any atom is -0.477 e. The van der Waals surface area contributed by atoms with Crippen LogP contribution in [-0.4, -0.2) is 19.5 Å². The molecular formula is C13H10N2O4S2. The van der Waals surface area contributed by atoms with Crippen molar-refractivity contribution in [3.63, 3.8) is 0 Å². The number of rotatable bonds is 4. The lowest BCUT2D eigenvalue weighted by Gasteiger charge is -2.07. The Balaban J connectivity index is 2.33. The number of nitriles is 1. The van der Waals surface area contributed by atoms with Gasteiger partial charge < -0.3 is 5.11 Å². The number of carbonyl (C=O) groups is 1. The molecule has 0 unspecified atom stereocenters. The van der Waals surface area contributed by atoms with E-state index in [0.29, 0.717) is 16.1 Å². The van der Waals surface area contributed by atoms with Crippen LogP contribution in [-0.2, 0) is 10.0 Å². The highest BCUT2D eigenvalue weighted by Crippen LogP contribution is 2.27. The van der Waals surface area contributed by atoms with E-state index in [9.17, 15) is 13.2 Å². The van der Waals surface area contributed by atoms with Gasteiger partial charge in [0.25, 0.3) is 10.0 Å². The molecule has 21 heavy (non-hydrogen) atoms. The molecule has 0 radical (unpaired) electrons. The van der Waals surface area contributed by atoms with Crippen LogP contribution in [0, 0.1) is 18.3 Å². The smallest absolute Gasteiger partial charge is 0.345 e. The fourth-order valence-corrected chi connectivity index (χ4v) is 4.15. The number of aryl methyl sites for hydroxylation is 1. The van der Waals surface area contributed by atoms with Gasteiger partial charge in [-0.2, -0.15) is 5.26 Å². The Morgan fingerprint density at radius 1 is 1.33 bits per heavy atom. The van der Waals surface area contributed by atoms with E-state index >= 15 is 0 Å². The molecule has 8 heteroatoms. The van der Waals surface area contributed by atoms with E-state index in [2.05, 4.69) is 4.72 Å². The number of hydrogen-bond acceptors (Lipinski definition) is 5. The molecule has 0 bridgehead atoms. The zero-order valence-electron chi connectivity index (χ0n) is 10.8. The molecule has 1 aromatic carbocycles. The third kappa shape index (κ3) is 3.21. The van der Waals surface area contributed by atoms with Crippen molar-refractivity contribution in [1.29, 1.82) is 5.26 Å². The number of sulfonamides is 1. The van der Waals surface area contributed by atoms with Gasteiger partial charge >= 0.3 is 5.97 Å². The Morgan fingerprint density at radius 3 is 2.43 bits per heavy atom. The van der Waals surface area contributed by atoms with Crippen LogP contribution in [0.2, 0.25) is 0 Å². The molecule has 2 rings (SSSR count). The monoisotopic (exact) mass is 322 g/mol. The molecule has 108 valence electrons. The molecule has 1 aromatic heterocycles. The summed E-state index contributed by atoms with van der Waals surface area (Å²) in [5, 5.41) is 17.6. The van der Waals surface area contributed by atoms with Crippen LogP contribution in [0.4, 0.5) is 5.69 Å². The molecule has 0 aliphatic rings. The van der Waals surface area contributed by atoms with Crippen LogP contribution in [0.15, 0.2) is 35.2 Å². The summed E-state index contributed by atoms with van der Waals surface area (Å²) in [6.45, 7) is 1.55. The normalized spacial score (nSPS) is 10.9. The van der Waals surface area contributed by atoms with E-state index in [1.165, 1.54) is 24.3 Å². The van der Waals surface area contributed by atoms with E-state index in [0.717, 1.165) is 17.4 Å². The minimum atomic E-state index is -3.86. The van der Waals surface area contributed by atoms with Gasteiger partial charge in [-0.15, -0.1) is 11.3 Å². The molecule has 0 aliphatic heterocycles. The summed E-state index contributed by atoms with van der Waals surface area (Å²) in [7, 11) is -3.86. The van der Waals surface area contributed by atoms with E-state index in [4.69, 9.17) is 10.4 Å². The topological polar surface area (TPSA) is 107 Å². The third-order valence-corrected chi connectivity index (χ3v) is 5.31. The standard InChI is InChI=1S/C13H10N2O4S2/c1-8-12(6-11(20-8)13(16)17)21(18,19)15-10-4-2-9(7-14)3-5-10/h2-6,15H,1H3,(H,16,17). The summed E-state index contributed by atoms with van der Waals surface area (Å²) in [5.74, 6) is -1.16. The Kier molecular flexibility index (Phi) is 3.97. The Labute approximate surface area is 125 Å². The lowest BCUT2D eigenvalue weighted by molar-refractivity contribution is 0.0702. The highest BCUT2D eigenvalue weighted by Gasteiger charge is 2.22. The van der Waals surface area contributed by atoms with E-state index in [1.54, 1.807) is 6.92 Å². The maximum absolute atomic E-state index is 12.3. The van der Waals surface area contributed by atoms with E-state index < -0.39 is 16.0 Å². The minimum absolute atomic E-state index is 0.0345. The fourth-order valence-electron chi connectivity index (χ4n) is 1.66. The van der Waals surface area contributed by atoms with Crippen LogP contribution in [0.3, 0.4) is 0 Å². The van der Waals surface area contributed by atoms with Gasteiger partial charge in [0.15, 0.2) is 0 Å². The van der Waals surface area contributed by atoms with Crippen LogP contribution in [0.1, 0.15) is 20.1 Å². The molecule has 0 aliphatic carbocycles. The van der Waals surface area contributed by atoms with Crippen molar-refractivity contribution in [2.24, 2.45) is 0 Å². The zero-order chi connectivity index (χ0) is 15.6. The van der Waals surface area contributed by atoms with Crippen molar-refractivity contribution < 1.29 is 18.3 Å². The van der Waals surface area contributed by atoms with Gasteiger partial charge in [0.05, 0.1) is 11.6 Å². The largest absolute Gasteiger partial charge is 0.477 e. The second kappa shape index (κ2) is 5.55. The number of aromatic carboxylic acids is 1. The first-order valence-electron chi connectivity index (χ1n) is 5.70. The second-order valence-corrected chi connectivity index (χ2v) is 7.04. The summed E-state index contributed by atoms with van der Waals surface area (Å²) in [6, 6.07) is 8.98. The van der Waals surface area contributed by atoms with Gasteiger partial charge in [0.1, 0.15) is 9.77 Å². The first-order valence-corrected chi connectivity index (χ1v) is 8.00. The van der Waals surface area contributed by atoms with Crippen molar-refractivity contribution in [1.82, 2.24) is 0 Å². The number of carboxylic acids is 1. The molecule has 2 aromatic rings. The second-order valence-electron chi connectivity index (χ2n) is 4.13. The predicted octanol–water partition coefficient (Wildman–Crippen LogP) is 2.43. The SMILES string of the molecule is Cc1sc(C(=O)O)cc1S(=O)(=O)Nc1ccc(C#N)cc1. The van der Waals surface area contributed by atoms with Crippen LogP contribution >= 0.6 is 11.3 Å². The van der Waals surface area contributed by atoms with E-state index in [1.807, 2.05) is 6.07 Å². The molecule has 0 spiro atoms. The zero-order valence-corrected chi connectivity index (χ0v) is 12.5. The summed E-state index contributed by atoms with van der Waals surface area (Å²) in [6.07, 6.45) is 0. The van der Waals surface area contributed by atoms with Crippen molar-refractivity contribution in [2.45, 2.75) is 11.8 Å². The van der Waals surface area contributed by atoms with Crippen LogP contribution in [0.5, 0.6) is 0 Å². The van der Waals surface area contributed by atoms with Gasteiger partial charge in [-0.3, -0.25) is 4.72 Å². The highest BCUT2D eigenvalue weighted by atomic mass is 32.2. The lowest BCUT2D eigenvalue weighted by Crippen LogP contribution is -2.13. The van der Waals surface area contributed by atoms with Crippen molar-refractivity contribution in [3.05, 3.63) is 45.6 Å². The van der Waals surface area contributed by atoms with Gasteiger partial charge in [0, 0.05) is 10.6 Å². The van der Waals surface area contributed by atoms with Crippen molar-refractivity contribution in [2.75, 3.05) is 4.72 Å². The van der Waals surface area contributed by atoms with Gasteiger partial charge in [-0.05, 0) is 37.3 Å². The molecule has 0 fully saturated rings. The molecule has 0 saturated carbocycles. The van der Waals surface area contributed by atoms with Gasteiger partial charge in [0.2, 0.25) is 0 Å². The molecule has 0 amide bonds. The first-order chi connectivity index (χ1) is 9.83. The quantitative estimate of drug-likeness (QED) is 0.899. The van der Waals surface area contributed by atoms with Crippen LogP contribution < -0.4 is 4.72 Å². The summed E-state index contributed by atoms with van der Waals surface area (Å²) < 4.78 is 26.9.